The lowest BCUT2D eigenvalue weighted by atomic mass is 9.67. The van der Waals surface area contributed by atoms with Crippen LogP contribution in [0, 0.1) is 47.9 Å². The molecule has 17 rings (SSSR count). The maximum atomic E-state index is 11.2. The minimum Gasteiger partial charge on any atom is -0.399 e. The van der Waals surface area contributed by atoms with Crippen LogP contribution in [0.25, 0.3) is 72.7 Å². The van der Waals surface area contributed by atoms with Gasteiger partial charge in [-0.2, -0.15) is 13.7 Å². The normalized spacial score (nSPS) is 11.7. The highest BCUT2D eigenvalue weighted by Gasteiger charge is 2.48. The molecule has 9 aromatic carbocycles. The Morgan fingerprint density at radius 1 is 0.309 bits per heavy atom. The van der Waals surface area contributed by atoms with Crippen LogP contribution in [0.1, 0.15) is 89.0 Å². The number of pyridine rings is 6. The van der Waals surface area contributed by atoms with Gasteiger partial charge in [0.2, 0.25) is 11.4 Å². The molecule has 14 nitrogen and oxygen atoms in total. The fourth-order valence-electron chi connectivity index (χ4n) is 15.2. The van der Waals surface area contributed by atoms with Crippen LogP contribution >= 0.6 is 37.2 Å². The Balaban J connectivity index is 0.000000202. The first-order valence-corrected chi connectivity index (χ1v) is 34.2. The van der Waals surface area contributed by atoms with Crippen LogP contribution in [0.2, 0.25) is 0 Å². The minimum absolute atomic E-state index is 0. The Morgan fingerprint density at radius 2 is 0.573 bits per heavy atom. The highest BCUT2D eigenvalue weighted by molar-refractivity contribution is 5.89. The highest BCUT2D eigenvalue weighted by atomic mass is 35.5. The minimum atomic E-state index is -0.659. The van der Waals surface area contributed by atoms with Gasteiger partial charge < -0.3 is 11.5 Å². The third-order valence-electron chi connectivity index (χ3n) is 20.3. The molecule has 0 saturated carbocycles. The number of aryl methyl sites for hydroxylation is 4. The Kier molecular flexibility index (Phi) is 25.4. The van der Waals surface area contributed by atoms with Crippen molar-refractivity contribution >= 4 is 60.0 Å². The fraction of sp³-hybridized carbons (Fsp3) is 0.0968. The lowest BCUT2D eigenvalue weighted by Crippen LogP contribution is -2.33. The van der Waals surface area contributed by atoms with E-state index in [1.165, 1.54) is 101 Å². The Labute approximate surface area is 661 Å². The van der Waals surface area contributed by atoms with Crippen LogP contribution in [0.4, 0.5) is 22.7 Å². The maximum absolute atomic E-state index is 11.2. The molecule has 15 aromatic rings. The number of nitrogen functional groups attached to an aromatic ring is 2. The molecule has 6 heterocycles. The summed E-state index contributed by atoms with van der Waals surface area (Å²) < 4.78 is 5.97. The van der Waals surface area contributed by atoms with Crippen LogP contribution in [-0.2, 0) is 10.8 Å². The van der Waals surface area contributed by atoms with E-state index in [4.69, 9.17) is 11.5 Å². The number of nitro groups is 2. The largest absolute Gasteiger partial charge is 0.399 e. The lowest BCUT2D eigenvalue weighted by molar-refractivity contribution is -0.600. The summed E-state index contributed by atoms with van der Waals surface area (Å²) in [6.45, 7) is 8.61. The summed E-state index contributed by atoms with van der Waals surface area (Å²) >= 11 is 0. The van der Waals surface area contributed by atoms with Gasteiger partial charge in [0.25, 0.3) is 11.4 Å². The summed E-state index contributed by atoms with van der Waals surface area (Å²) in [5.74, 6) is 0. The number of aromatic nitrogens is 6. The first-order valence-electron chi connectivity index (χ1n) is 34.2. The van der Waals surface area contributed by atoms with E-state index in [9.17, 15) is 20.2 Å². The number of nitrogens with two attached hydrogens (primary N) is 2. The van der Waals surface area contributed by atoms with Crippen molar-refractivity contribution in [1.82, 2.24) is 15.0 Å². The molecule has 0 radical (unpaired) electrons. The summed E-state index contributed by atoms with van der Waals surface area (Å²) in [5, 5.41) is 22.0. The second-order valence-electron chi connectivity index (χ2n) is 26.2. The van der Waals surface area contributed by atoms with E-state index in [0.29, 0.717) is 0 Å². The van der Waals surface area contributed by atoms with E-state index in [1.54, 1.807) is 41.5 Å². The predicted octanol–water partition coefficient (Wildman–Crippen LogP) is 21.2. The summed E-state index contributed by atoms with van der Waals surface area (Å²) in [7, 11) is 0. The van der Waals surface area contributed by atoms with Gasteiger partial charge in [-0.25, -0.2) is 0 Å². The van der Waals surface area contributed by atoms with Crippen molar-refractivity contribution in [3.8, 4) is 72.7 Å². The van der Waals surface area contributed by atoms with Gasteiger partial charge in [0.15, 0.2) is 37.2 Å². The summed E-state index contributed by atoms with van der Waals surface area (Å²) in [6, 6.07) is 90.0. The van der Waals surface area contributed by atoms with E-state index in [1.807, 2.05) is 73.3 Å². The summed E-state index contributed by atoms with van der Waals surface area (Å²) in [4.78, 5) is 33.0. The lowest BCUT2D eigenvalue weighted by Gasteiger charge is -2.34. The van der Waals surface area contributed by atoms with Crippen molar-refractivity contribution in [2.45, 2.75) is 60.8 Å². The van der Waals surface area contributed by atoms with Gasteiger partial charge in [0, 0.05) is 120 Å². The van der Waals surface area contributed by atoms with E-state index in [-0.39, 0.29) is 76.6 Å². The molecular formula is C93H86Cl3N10O4+3. The van der Waals surface area contributed by atoms with Crippen LogP contribution in [0.5, 0.6) is 0 Å². The monoisotopic (exact) mass is 1510 g/mol. The molecule has 0 aliphatic heterocycles. The van der Waals surface area contributed by atoms with Gasteiger partial charge in [-0.3, -0.25) is 35.2 Å². The van der Waals surface area contributed by atoms with Crippen molar-refractivity contribution in [2.24, 2.45) is 0 Å². The van der Waals surface area contributed by atoms with Gasteiger partial charge in [-0.1, -0.05) is 156 Å². The molecular weight excluding hydrogens is 1430 g/mol. The molecule has 110 heavy (non-hydrogen) atoms. The fourth-order valence-corrected chi connectivity index (χ4v) is 15.2. The number of anilines is 2. The topological polar surface area (TPSA) is 189 Å². The van der Waals surface area contributed by atoms with Crippen molar-refractivity contribution in [2.75, 3.05) is 11.5 Å². The van der Waals surface area contributed by atoms with E-state index in [2.05, 4.69) is 259 Å². The molecule has 0 spiro atoms. The van der Waals surface area contributed by atoms with E-state index in [0.717, 1.165) is 62.2 Å². The number of fused-ring (bicyclic) bond motifs is 6. The van der Waals surface area contributed by atoms with Gasteiger partial charge in [0.05, 0.1) is 20.7 Å². The molecule has 6 aromatic heterocycles. The van der Waals surface area contributed by atoms with Crippen LogP contribution in [0.15, 0.2) is 335 Å². The molecule has 0 unspecified atom stereocenters. The quantitative estimate of drug-likeness (QED) is 0.0519. The van der Waals surface area contributed by atoms with E-state index >= 15 is 0 Å². The zero-order valence-corrected chi connectivity index (χ0v) is 61.3. The Bertz CT molecular complexity index is 5500. The molecule has 2 aliphatic carbocycles. The third kappa shape index (κ3) is 14.9. The Hall–Kier alpha value is -12.9. The second-order valence-corrected chi connectivity index (χ2v) is 26.2. The van der Waals surface area contributed by atoms with Crippen molar-refractivity contribution in [3.63, 3.8) is 0 Å². The van der Waals surface area contributed by atoms with Crippen molar-refractivity contribution in [1.29, 1.82) is 0 Å². The van der Waals surface area contributed by atoms with E-state index < -0.39 is 20.7 Å². The van der Waals surface area contributed by atoms with Crippen LogP contribution in [0.3, 0.4) is 0 Å². The molecule has 550 valence electrons. The van der Waals surface area contributed by atoms with Gasteiger partial charge >= 0.3 is 5.69 Å². The molecule has 0 bridgehead atoms. The average molecular weight is 1510 g/mol. The molecule has 4 N–H and O–H groups in total. The molecule has 0 saturated heterocycles. The number of halogens is 3. The number of benzene rings is 9. The maximum Gasteiger partial charge on any atom is 0.347 e. The SMILES string of the molecule is C.C.C.Cc1cc(C2(c3ccc(-[n+]4ccc(-c5ccncc5)cc4)c(C)c3)c3ccccc3-c3ccccc32)ccc1-[n+]1ccc(-c2ccncc2)cc1.Cc1cc(C2(c3ccc(N)c(C)c3)c3ccccc3-c3ccccc32)ccc1N.Cl.Cl.Cl.O=[N+]([O-])c1ccc(-[n+]2ccc(-c3ccncc3)cc2)c([N+](=O)[O-])c1. The zero-order chi connectivity index (χ0) is 71.6. The number of rotatable bonds is 12. The molecule has 2 aliphatic rings. The predicted molar refractivity (Wildman–Crippen MR) is 451 cm³/mol. The third-order valence-corrected chi connectivity index (χ3v) is 20.3. The average Bonchev–Trinajstić information content (AvgIpc) is 1.54. The van der Waals surface area contributed by atoms with Crippen molar-refractivity contribution in [3.05, 3.63) is 422 Å². The number of hydrogen-bond donors (Lipinski definition) is 2. The standard InChI is InChI=1S/C47H36N4.C27H24N2.C16H11N4O4.3CH4.3ClH/c1-33-31-39(11-13-45(33)50-27-19-37(20-28-50)35-15-23-48-24-16-35)47(43-9-5-3-7-41(43)42-8-4-6-10-44(42)47)40-12-14-46(34(2)32-40)51-29-21-38(22-30-51)36-17-25-49-26-18-36;1-17-15-19(11-13-25(17)28)27(20-12-14-26(29)18(2)16-20)23-9-5-3-7-21(23)22-8-4-6-10-24(22)27;21-19(22)14-1-2-15(16(11-14)20(23)24)18-9-5-13(6-10-18)12-3-7-17-8-4-12;;;;;;/h3-32H,1-2H3;3-16H,28-29H2,1-2H3;1-11H;3*1H4;3*1H/q+2;;+1;;;;;;. The molecule has 0 amide bonds. The summed E-state index contributed by atoms with van der Waals surface area (Å²) in [5.41, 5.74) is 41.6. The van der Waals surface area contributed by atoms with Crippen molar-refractivity contribution < 1.29 is 23.5 Å². The first kappa shape index (κ1) is 81.2. The smallest absolute Gasteiger partial charge is 0.347 e. The van der Waals surface area contributed by atoms with Crippen LogP contribution in [-0.4, -0.2) is 24.8 Å². The first-order chi connectivity index (χ1) is 50.7. The highest BCUT2D eigenvalue weighted by Crippen LogP contribution is 2.58. The zero-order valence-electron chi connectivity index (χ0n) is 58.8. The van der Waals surface area contributed by atoms with Gasteiger partial charge in [-0.15, -0.1) is 37.2 Å². The Morgan fingerprint density at radius 3 is 0.855 bits per heavy atom. The summed E-state index contributed by atoms with van der Waals surface area (Å²) in [6.07, 6.45) is 22.6. The number of nitro benzene ring substituents is 2. The number of nitrogens with zero attached hydrogens (tertiary/aromatic N) is 8. The van der Waals surface area contributed by atoms with Gasteiger partial charge in [0.1, 0.15) is 6.07 Å². The second kappa shape index (κ2) is 34.4. The van der Waals surface area contributed by atoms with Gasteiger partial charge in [-0.05, 0) is 200 Å². The molecule has 0 fully saturated rings. The van der Waals surface area contributed by atoms with Crippen LogP contribution < -0.4 is 25.2 Å². The molecule has 17 heteroatoms. The number of non-ortho nitro benzene ring substituents is 1. The molecule has 0 atom stereocenters. The number of hydrogen-bond acceptors (Lipinski definition) is 9.